The van der Waals surface area contributed by atoms with Gasteiger partial charge in [0.1, 0.15) is 0 Å². The molecule has 0 amide bonds. The standard InChI is InChI=1S/C8H14F3/c1-5-6(7(2,3)4)8(9,10)11/h6H,1,5H2,2-4H3. The van der Waals surface area contributed by atoms with E-state index >= 15 is 0 Å². The number of hydrogen-bond acceptors (Lipinski definition) is 0. The SMILES string of the molecule is [CH2]CC(C(C)(C)C)C(F)(F)F. The first-order chi connectivity index (χ1) is 4.69. The molecule has 1 atom stereocenters. The predicted molar refractivity (Wildman–Crippen MR) is 39.0 cm³/mol. The van der Waals surface area contributed by atoms with Crippen LogP contribution in [0.25, 0.3) is 0 Å². The lowest BCUT2D eigenvalue weighted by Crippen LogP contribution is -2.33. The summed E-state index contributed by atoms with van der Waals surface area (Å²) in [6.07, 6.45) is -4.20. The zero-order valence-corrected chi connectivity index (χ0v) is 7.13. The van der Waals surface area contributed by atoms with Crippen LogP contribution < -0.4 is 0 Å². The van der Waals surface area contributed by atoms with Crippen molar-refractivity contribution in [3.05, 3.63) is 6.92 Å². The van der Waals surface area contributed by atoms with Gasteiger partial charge in [-0.1, -0.05) is 27.7 Å². The van der Waals surface area contributed by atoms with Crippen LogP contribution in [0, 0.1) is 18.3 Å². The fraction of sp³-hybridized carbons (Fsp3) is 0.875. The van der Waals surface area contributed by atoms with Gasteiger partial charge in [0.15, 0.2) is 0 Å². The molecule has 1 radical (unpaired) electrons. The van der Waals surface area contributed by atoms with Gasteiger partial charge in [-0.3, -0.25) is 0 Å². The zero-order chi connectivity index (χ0) is 9.28. The maximum absolute atomic E-state index is 12.2. The summed E-state index contributed by atoms with van der Waals surface area (Å²) in [5.74, 6) is -1.30. The molecule has 0 aliphatic rings. The van der Waals surface area contributed by atoms with Crippen LogP contribution in [-0.4, -0.2) is 6.18 Å². The summed E-state index contributed by atoms with van der Waals surface area (Å²) in [5, 5.41) is 0. The van der Waals surface area contributed by atoms with E-state index in [1.807, 2.05) is 0 Å². The van der Waals surface area contributed by atoms with Gasteiger partial charge >= 0.3 is 6.18 Å². The zero-order valence-electron chi connectivity index (χ0n) is 7.13. The number of rotatable bonds is 1. The fourth-order valence-electron chi connectivity index (χ4n) is 1.09. The van der Waals surface area contributed by atoms with E-state index in [4.69, 9.17) is 0 Å². The van der Waals surface area contributed by atoms with Crippen LogP contribution in [-0.2, 0) is 0 Å². The fourth-order valence-corrected chi connectivity index (χ4v) is 1.09. The van der Waals surface area contributed by atoms with Crippen LogP contribution in [0.2, 0.25) is 0 Å². The molecule has 0 nitrogen and oxygen atoms in total. The second kappa shape index (κ2) is 3.03. The van der Waals surface area contributed by atoms with Gasteiger partial charge < -0.3 is 0 Å². The van der Waals surface area contributed by atoms with Crippen molar-refractivity contribution >= 4 is 0 Å². The number of alkyl halides is 3. The van der Waals surface area contributed by atoms with Gasteiger partial charge in [0.2, 0.25) is 0 Å². The Bertz CT molecular complexity index is 104. The summed E-state index contributed by atoms with van der Waals surface area (Å²) in [7, 11) is 0. The van der Waals surface area contributed by atoms with E-state index in [1.165, 1.54) is 0 Å². The first-order valence-corrected chi connectivity index (χ1v) is 3.55. The Balaban J connectivity index is 4.43. The molecule has 0 spiro atoms. The molecule has 0 saturated carbocycles. The van der Waals surface area contributed by atoms with Crippen molar-refractivity contribution in [2.75, 3.05) is 0 Å². The summed E-state index contributed by atoms with van der Waals surface area (Å²) < 4.78 is 36.5. The van der Waals surface area contributed by atoms with E-state index in [0.717, 1.165) is 0 Å². The maximum Gasteiger partial charge on any atom is 0.392 e. The maximum atomic E-state index is 12.2. The normalized spacial score (nSPS) is 16.6. The third kappa shape index (κ3) is 3.12. The average Bonchev–Trinajstić information content (AvgIpc) is 1.56. The van der Waals surface area contributed by atoms with Crippen molar-refractivity contribution in [2.45, 2.75) is 33.4 Å². The third-order valence-corrected chi connectivity index (χ3v) is 1.73. The summed E-state index contributed by atoms with van der Waals surface area (Å²) in [5.41, 5.74) is -0.736. The lowest BCUT2D eigenvalue weighted by Gasteiger charge is -2.31. The van der Waals surface area contributed by atoms with Crippen LogP contribution in [0.3, 0.4) is 0 Å². The van der Waals surface area contributed by atoms with Crippen molar-refractivity contribution in [3.8, 4) is 0 Å². The molecule has 11 heavy (non-hydrogen) atoms. The molecule has 0 aliphatic carbocycles. The molecule has 0 rings (SSSR count). The molecule has 0 bridgehead atoms. The van der Waals surface area contributed by atoms with E-state index in [2.05, 4.69) is 6.92 Å². The largest absolute Gasteiger partial charge is 0.392 e. The highest BCUT2D eigenvalue weighted by Crippen LogP contribution is 2.41. The highest BCUT2D eigenvalue weighted by molar-refractivity contribution is 4.80. The Labute approximate surface area is 65.8 Å². The predicted octanol–water partition coefficient (Wildman–Crippen LogP) is 3.44. The minimum absolute atomic E-state index is 0.0903. The second-order valence-corrected chi connectivity index (χ2v) is 3.75. The Kier molecular flexibility index (Phi) is 2.98. The molecule has 0 saturated heterocycles. The first-order valence-electron chi connectivity index (χ1n) is 3.55. The molecule has 0 aromatic carbocycles. The van der Waals surface area contributed by atoms with E-state index in [0.29, 0.717) is 0 Å². The Hall–Kier alpha value is -0.210. The monoisotopic (exact) mass is 167 g/mol. The first kappa shape index (κ1) is 10.8. The van der Waals surface area contributed by atoms with Gasteiger partial charge in [-0.05, 0) is 11.8 Å². The molecule has 0 aromatic rings. The van der Waals surface area contributed by atoms with E-state index in [9.17, 15) is 13.2 Å². The third-order valence-electron chi connectivity index (χ3n) is 1.73. The van der Waals surface area contributed by atoms with Crippen LogP contribution in [0.15, 0.2) is 0 Å². The molecule has 0 heterocycles. The molecule has 1 unspecified atom stereocenters. The molecule has 3 heteroatoms. The lowest BCUT2D eigenvalue weighted by atomic mass is 9.79. The minimum atomic E-state index is -4.11. The van der Waals surface area contributed by atoms with Crippen LogP contribution >= 0.6 is 0 Å². The summed E-state index contributed by atoms with van der Waals surface area (Å²) in [6.45, 7) is 8.04. The molecule has 0 aliphatic heterocycles. The van der Waals surface area contributed by atoms with Crippen molar-refractivity contribution in [1.29, 1.82) is 0 Å². The van der Waals surface area contributed by atoms with Gasteiger partial charge in [0.05, 0.1) is 5.92 Å². The molecule has 0 N–H and O–H groups in total. The van der Waals surface area contributed by atoms with Crippen LogP contribution in [0.4, 0.5) is 13.2 Å². The van der Waals surface area contributed by atoms with Gasteiger partial charge in [0.25, 0.3) is 0 Å². The number of hydrogen-bond donors (Lipinski definition) is 0. The van der Waals surface area contributed by atoms with Gasteiger partial charge in [-0.15, -0.1) is 0 Å². The Morgan fingerprint density at radius 2 is 1.55 bits per heavy atom. The molecule has 67 valence electrons. The number of halogens is 3. The summed E-state index contributed by atoms with van der Waals surface area (Å²) in [6, 6.07) is 0. The summed E-state index contributed by atoms with van der Waals surface area (Å²) >= 11 is 0. The minimum Gasteiger partial charge on any atom is -0.171 e. The Morgan fingerprint density at radius 3 is 1.55 bits per heavy atom. The lowest BCUT2D eigenvalue weighted by molar-refractivity contribution is -0.199. The van der Waals surface area contributed by atoms with Gasteiger partial charge in [0, 0.05) is 0 Å². The molecule has 0 aromatic heterocycles. The van der Waals surface area contributed by atoms with Crippen LogP contribution in [0.5, 0.6) is 0 Å². The quantitative estimate of drug-likeness (QED) is 0.561. The van der Waals surface area contributed by atoms with E-state index in [1.54, 1.807) is 20.8 Å². The smallest absolute Gasteiger partial charge is 0.171 e. The van der Waals surface area contributed by atoms with Gasteiger partial charge in [-0.25, -0.2) is 0 Å². The van der Waals surface area contributed by atoms with Gasteiger partial charge in [-0.2, -0.15) is 13.2 Å². The van der Waals surface area contributed by atoms with E-state index in [-0.39, 0.29) is 6.42 Å². The van der Waals surface area contributed by atoms with E-state index < -0.39 is 17.5 Å². The Morgan fingerprint density at radius 1 is 1.18 bits per heavy atom. The van der Waals surface area contributed by atoms with Crippen molar-refractivity contribution in [2.24, 2.45) is 11.3 Å². The molecular weight excluding hydrogens is 153 g/mol. The molecule has 0 fully saturated rings. The van der Waals surface area contributed by atoms with Crippen LogP contribution in [0.1, 0.15) is 27.2 Å². The highest BCUT2D eigenvalue weighted by Gasteiger charge is 2.45. The average molecular weight is 167 g/mol. The molecular formula is C8H14F3. The second-order valence-electron chi connectivity index (χ2n) is 3.75. The summed E-state index contributed by atoms with van der Waals surface area (Å²) in [4.78, 5) is 0. The van der Waals surface area contributed by atoms with Crippen molar-refractivity contribution in [1.82, 2.24) is 0 Å². The van der Waals surface area contributed by atoms with Crippen molar-refractivity contribution < 1.29 is 13.2 Å². The van der Waals surface area contributed by atoms with Crippen molar-refractivity contribution in [3.63, 3.8) is 0 Å². The highest BCUT2D eigenvalue weighted by atomic mass is 19.4. The topological polar surface area (TPSA) is 0 Å².